The first-order valence-corrected chi connectivity index (χ1v) is 2.06. The first kappa shape index (κ1) is 5.76. The van der Waals surface area contributed by atoms with E-state index in [1.807, 2.05) is 0 Å². The standard InChI is InChI=1S/C3H7ClN2/c1-2(4)3(5)6/h2H,1H3,(H3,5,6)/t2-/m1/s1. The van der Waals surface area contributed by atoms with Gasteiger partial charge >= 0.3 is 0 Å². The molecule has 36 valence electrons. The van der Waals surface area contributed by atoms with Crippen LogP contribution in [-0.4, -0.2) is 11.2 Å². The van der Waals surface area contributed by atoms with Crippen molar-refractivity contribution >= 4 is 17.4 Å². The van der Waals surface area contributed by atoms with E-state index in [0.717, 1.165) is 0 Å². The van der Waals surface area contributed by atoms with Crippen molar-refractivity contribution in [3.8, 4) is 0 Å². The Balaban J connectivity index is 3.26. The molecule has 0 aliphatic carbocycles. The molecule has 1 atom stereocenters. The number of hydrogen-bond acceptors (Lipinski definition) is 1. The van der Waals surface area contributed by atoms with Crippen LogP contribution >= 0.6 is 11.6 Å². The van der Waals surface area contributed by atoms with Gasteiger partial charge in [0.05, 0.1) is 5.38 Å². The number of amidine groups is 1. The minimum atomic E-state index is -0.315. The fourth-order valence-corrected chi connectivity index (χ4v) is 0. The Morgan fingerprint density at radius 2 is 2.17 bits per heavy atom. The van der Waals surface area contributed by atoms with Gasteiger partial charge in [0.25, 0.3) is 0 Å². The Bertz CT molecular complexity index is 59.8. The van der Waals surface area contributed by atoms with Crippen LogP contribution in [-0.2, 0) is 0 Å². The molecule has 0 aromatic rings. The predicted molar refractivity (Wildman–Crippen MR) is 27.2 cm³/mol. The summed E-state index contributed by atoms with van der Waals surface area (Å²) >= 11 is 5.26. The summed E-state index contributed by atoms with van der Waals surface area (Å²) in [6.45, 7) is 1.66. The monoisotopic (exact) mass is 106 g/mol. The summed E-state index contributed by atoms with van der Waals surface area (Å²) in [5.74, 6) is 0.0247. The van der Waals surface area contributed by atoms with Crippen molar-refractivity contribution in [3.05, 3.63) is 0 Å². The molecule has 0 saturated carbocycles. The van der Waals surface area contributed by atoms with Gasteiger partial charge in [-0.1, -0.05) is 0 Å². The molecule has 3 N–H and O–H groups in total. The molecule has 0 heterocycles. The molecular weight excluding hydrogens is 99.5 g/mol. The number of alkyl halides is 1. The van der Waals surface area contributed by atoms with Gasteiger partial charge in [-0.15, -0.1) is 11.6 Å². The second-order valence-corrected chi connectivity index (χ2v) is 1.73. The van der Waals surface area contributed by atoms with E-state index in [2.05, 4.69) is 0 Å². The van der Waals surface area contributed by atoms with Crippen LogP contribution in [0.1, 0.15) is 6.92 Å². The highest BCUT2D eigenvalue weighted by Crippen LogP contribution is 1.88. The summed E-state index contributed by atoms with van der Waals surface area (Å²) in [6, 6.07) is 0. The van der Waals surface area contributed by atoms with E-state index in [9.17, 15) is 0 Å². The topological polar surface area (TPSA) is 49.9 Å². The van der Waals surface area contributed by atoms with Crippen LogP contribution in [0.25, 0.3) is 0 Å². The molecule has 0 spiro atoms. The van der Waals surface area contributed by atoms with Crippen molar-refractivity contribution in [2.45, 2.75) is 12.3 Å². The van der Waals surface area contributed by atoms with Gasteiger partial charge in [0.2, 0.25) is 0 Å². The zero-order valence-corrected chi connectivity index (χ0v) is 4.29. The Kier molecular flexibility index (Phi) is 1.95. The molecule has 3 heteroatoms. The van der Waals surface area contributed by atoms with Crippen molar-refractivity contribution in [1.29, 1.82) is 5.41 Å². The van der Waals surface area contributed by atoms with E-state index in [1.165, 1.54) is 0 Å². The Hall–Kier alpha value is -0.240. The number of hydrogen-bond donors (Lipinski definition) is 2. The molecule has 0 unspecified atom stereocenters. The Morgan fingerprint density at radius 1 is 2.00 bits per heavy atom. The molecule has 0 fully saturated rings. The van der Waals surface area contributed by atoms with Crippen molar-refractivity contribution in [1.82, 2.24) is 0 Å². The van der Waals surface area contributed by atoms with Crippen LogP contribution in [0, 0.1) is 5.41 Å². The number of halogens is 1. The van der Waals surface area contributed by atoms with Gasteiger partial charge in [-0.25, -0.2) is 0 Å². The van der Waals surface area contributed by atoms with Gasteiger partial charge in [0.15, 0.2) is 0 Å². The zero-order valence-electron chi connectivity index (χ0n) is 3.53. The normalized spacial score (nSPS) is 13.7. The first-order valence-electron chi connectivity index (χ1n) is 1.62. The third-order valence-corrected chi connectivity index (χ3v) is 0.664. The van der Waals surface area contributed by atoms with Crippen molar-refractivity contribution in [3.63, 3.8) is 0 Å². The highest BCUT2D eigenvalue weighted by Gasteiger charge is 1.94. The largest absolute Gasteiger partial charge is 0.386 e. The fraction of sp³-hybridized carbons (Fsp3) is 0.667. The van der Waals surface area contributed by atoms with Gasteiger partial charge in [-0.05, 0) is 6.92 Å². The number of rotatable bonds is 1. The second-order valence-electron chi connectivity index (χ2n) is 1.07. The van der Waals surface area contributed by atoms with Gasteiger partial charge in [0, 0.05) is 0 Å². The number of nitrogens with one attached hydrogen (secondary N) is 1. The zero-order chi connectivity index (χ0) is 5.15. The van der Waals surface area contributed by atoms with E-state index >= 15 is 0 Å². The molecule has 6 heavy (non-hydrogen) atoms. The lowest BCUT2D eigenvalue weighted by Gasteiger charge is -1.92. The van der Waals surface area contributed by atoms with E-state index in [-0.39, 0.29) is 11.2 Å². The van der Waals surface area contributed by atoms with E-state index in [4.69, 9.17) is 22.7 Å². The molecule has 0 aliphatic rings. The second kappa shape index (κ2) is 2.03. The Morgan fingerprint density at radius 3 is 2.17 bits per heavy atom. The fourth-order valence-electron chi connectivity index (χ4n) is 0. The van der Waals surface area contributed by atoms with Gasteiger partial charge in [0.1, 0.15) is 5.84 Å². The molecular formula is C3H7ClN2. The highest BCUT2D eigenvalue weighted by molar-refractivity contribution is 6.30. The van der Waals surface area contributed by atoms with Gasteiger partial charge in [-0.3, -0.25) is 5.41 Å². The highest BCUT2D eigenvalue weighted by atomic mass is 35.5. The van der Waals surface area contributed by atoms with Crippen LogP contribution in [0.15, 0.2) is 0 Å². The lowest BCUT2D eigenvalue weighted by atomic mass is 10.5. The minimum Gasteiger partial charge on any atom is -0.386 e. The average molecular weight is 107 g/mol. The van der Waals surface area contributed by atoms with Crippen LogP contribution in [0.4, 0.5) is 0 Å². The van der Waals surface area contributed by atoms with Crippen LogP contribution in [0.5, 0.6) is 0 Å². The van der Waals surface area contributed by atoms with E-state index in [1.54, 1.807) is 6.92 Å². The summed E-state index contributed by atoms with van der Waals surface area (Å²) < 4.78 is 0. The molecule has 0 radical (unpaired) electrons. The third kappa shape index (κ3) is 2.03. The molecule has 0 rings (SSSR count). The van der Waals surface area contributed by atoms with Crippen molar-refractivity contribution < 1.29 is 0 Å². The summed E-state index contributed by atoms with van der Waals surface area (Å²) in [6.07, 6.45) is 0. The van der Waals surface area contributed by atoms with E-state index in [0.29, 0.717) is 0 Å². The lowest BCUT2D eigenvalue weighted by Crippen LogP contribution is -2.19. The summed E-state index contributed by atoms with van der Waals surface area (Å²) in [5.41, 5.74) is 4.89. The minimum absolute atomic E-state index is 0.0247. The van der Waals surface area contributed by atoms with Gasteiger partial charge < -0.3 is 5.73 Å². The van der Waals surface area contributed by atoms with Crippen molar-refractivity contribution in [2.75, 3.05) is 0 Å². The summed E-state index contributed by atoms with van der Waals surface area (Å²) in [7, 11) is 0. The molecule has 0 bridgehead atoms. The molecule has 0 amide bonds. The molecule has 0 aromatic carbocycles. The summed E-state index contributed by atoms with van der Waals surface area (Å²) in [4.78, 5) is 0. The molecule has 0 saturated heterocycles. The van der Waals surface area contributed by atoms with Crippen LogP contribution < -0.4 is 5.73 Å². The number of nitrogens with two attached hydrogens (primary N) is 1. The molecule has 2 nitrogen and oxygen atoms in total. The van der Waals surface area contributed by atoms with Crippen molar-refractivity contribution in [2.24, 2.45) is 5.73 Å². The third-order valence-electron chi connectivity index (χ3n) is 0.429. The lowest BCUT2D eigenvalue weighted by molar-refractivity contribution is 1.22. The van der Waals surface area contributed by atoms with Gasteiger partial charge in [-0.2, -0.15) is 0 Å². The SMILES string of the molecule is C[C@@H](Cl)C(=N)N. The summed E-state index contributed by atoms with van der Waals surface area (Å²) in [5, 5.41) is 6.28. The maximum absolute atomic E-state index is 6.59. The average Bonchev–Trinajstić information content (AvgIpc) is 1.36. The van der Waals surface area contributed by atoms with Crippen LogP contribution in [0.3, 0.4) is 0 Å². The predicted octanol–water partition coefficient (Wildman–Crippen LogP) is 0.550. The quantitative estimate of drug-likeness (QED) is 0.286. The Labute approximate surface area is 41.8 Å². The maximum Gasteiger partial charge on any atom is 0.109 e. The first-order chi connectivity index (χ1) is 2.64. The smallest absolute Gasteiger partial charge is 0.109 e. The van der Waals surface area contributed by atoms with Crippen LogP contribution in [0.2, 0.25) is 0 Å². The molecule has 0 aliphatic heterocycles. The maximum atomic E-state index is 6.59. The van der Waals surface area contributed by atoms with E-state index < -0.39 is 0 Å². The molecule has 0 aromatic heterocycles.